The molecular formula is C11H19BrN4. The zero-order valence-corrected chi connectivity index (χ0v) is 11.6. The zero-order valence-electron chi connectivity index (χ0n) is 10.00. The molecule has 0 bridgehead atoms. The summed E-state index contributed by atoms with van der Waals surface area (Å²) in [6, 6.07) is 0.376. The summed E-state index contributed by atoms with van der Waals surface area (Å²) < 4.78 is 0.743. The van der Waals surface area contributed by atoms with E-state index in [-0.39, 0.29) is 0 Å². The average molecular weight is 287 g/mol. The molecule has 1 unspecified atom stereocenters. The van der Waals surface area contributed by atoms with Gasteiger partial charge in [-0.1, -0.05) is 26.7 Å². The van der Waals surface area contributed by atoms with Gasteiger partial charge in [0.1, 0.15) is 22.4 Å². The second kappa shape index (κ2) is 6.03. The molecule has 1 atom stereocenters. The van der Waals surface area contributed by atoms with E-state index >= 15 is 0 Å². The first-order valence-corrected chi connectivity index (χ1v) is 6.41. The van der Waals surface area contributed by atoms with Crippen LogP contribution in [0, 0.1) is 5.92 Å². The van der Waals surface area contributed by atoms with Gasteiger partial charge < -0.3 is 11.1 Å². The van der Waals surface area contributed by atoms with Gasteiger partial charge in [-0.05, 0) is 28.8 Å². The largest absolute Gasteiger partial charge is 0.383 e. The van der Waals surface area contributed by atoms with Gasteiger partial charge in [0.15, 0.2) is 0 Å². The molecule has 0 radical (unpaired) electrons. The number of nitrogens with two attached hydrogens (primary N) is 1. The van der Waals surface area contributed by atoms with Gasteiger partial charge >= 0.3 is 0 Å². The van der Waals surface area contributed by atoms with Crippen molar-refractivity contribution in [3.8, 4) is 0 Å². The minimum absolute atomic E-state index is 0.376. The summed E-state index contributed by atoms with van der Waals surface area (Å²) in [5, 5.41) is 3.37. The van der Waals surface area contributed by atoms with Crippen LogP contribution >= 0.6 is 15.9 Å². The molecule has 4 nitrogen and oxygen atoms in total. The van der Waals surface area contributed by atoms with Crippen molar-refractivity contribution in [2.75, 3.05) is 11.1 Å². The van der Waals surface area contributed by atoms with Crippen LogP contribution in [-0.2, 0) is 0 Å². The Balaban J connectivity index is 2.76. The highest BCUT2D eigenvalue weighted by molar-refractivity contribution is 9.10. The molecule has 0 saturated carbocycles. The first-order valence-electron chi connectivity index (χ1n) is 5.62. The molecule has 0 saturated heterocycles. The standard InChI is InChI=1S/C11H19BrN4/c1-4-8(5-2)7(3)16-11-9(12)10(13)14-6-15-11/h6-8H,4-5H2,1-3H3,(H3,13,14,15,16). The van der Waals surface area contributed by atoms with Crippen LogP contribution in [-0.4, -0.2) is 16.0 Å². The number of aromatic nitrogens is 2. The van der Waals surface area contributed by atoms with Crippen molar-refractivity contribution in [3.05, 3.63) is 10.8 Å². The lowest BCUT2D eigenvalue weighted by Gasteiger charge is -2.23. The van der Waals surface area contributed by atoms with E-state index in [1.807, 2.05) is 0 Å². The van der Waals surface area contributed by atoms with E-state index in [1.165, 1.54) is 6.33 Å². The van der Waals surface area contributed by atoms with Crippen LogP contribution in [0.1, 0.15) is 33.6 Å². The first-order chi connectivity index (χ1) is 7.60. The molecule has 16 heavy (non-hydrogen) atoms. The van der Waals surface area contributed by atoms with Crippen LogP contribution in [0.5, 0.6) is 0 Å². The smallest absolute Gasteiger partial charge is 0.146 e. The fourth-order valence-corrected chi connectivity index (χ4v) is 2.13. The molecule has 0 fully saturated rings. The summed E-state index contributed by atoms with van der Waals surface area (Å²) in [5.41, 5.74) is 5.70. The highest BCUT2D eigenvalue weighted by Crippen LogP contribution is 2.26. The van der Waals surface area contributed by atoms with Crippen molar-refractivity contribution in [1.82, 2.24) is 9.97 Å². The zero-order chi connectivity index (χ0) is 12.1. The number of halogens is 1. The highest BCUT2D eigenvalue weighted by Gasteiger charge is 2.15. The number of rotatable bonds is 5. The minimum Gasteiger partial charge on any atom is -0.383 e. The summed E-state index contributed by atoms with van der Waals surface area (Å²) in [7, 11) is 0. The number of nitrogens with one attached hydrogen (secondary N) is 1. The Morgan fingerprint density at radius 1 is 1.38 bits per heavy atom. The first kappa shape index (κ1) is 13.2. The molecule has 1 aromatic heterocycles. The van der Waals surface area contributed by atoms with E-state index in [4.69, 9.17) is 5.73 Å². The molecule has 0 aliphatic carbocycles. The van der Waals surface area contributed by atoms with Gasteiger partial charge in [0, 0.05) is 6.04 Å². The Morgan fingerprint density at radius 2 is 2.00 bits per heavy atom. The molecule has 3 N–H and O–H groups in total. The van der Waals surface area contributed by atoms with Gasteiger partial charge in [-0.3, -0.25) is 0 Å². The normalized spacial score (nSPS) is 12.8. The van der Waals surface area contributed by atoms with Crippen LogP contribution in [0.15, 0.2) is 10.8 Å². The van der Waals surface area contributed by atoms with Gasteiger partial charge in [0.2, 0.25) is 0 Å². The lowest BCUT2D eigenvalue weighted by molar-refractivity contribution is 0.437. The molecule has 0 aliphatic heterocycles. The lowest BCUT2D eigenvalue weighted by Crippen LogP contribution is -2.25. The van der Waals surface area contributed by atoms with Gasteiger partial charge in [0.25, 0.3) is 0 Å². The number of nitrogens with zero attached hydrogens (tertiary/aromatic N) is 2. The Bertz CT molecular complexity index is 339. The molecule has 1 heterocycles. The summed E-state index contributed by atoms with van der Waals surface area (Å²) in [4.78, 5) is 8.09. The van der Waals surface area contributed by atoms with Crippen LogP contribution in [0.3, 0.4) is 0 Å². The van der Waals surface area contributed by atoms with Gasteiger partial charge in [-0.2, -0.15) is 0 Å². The van der Waals surface area contributed by atoms with Crippen molar-refractivity contribution in [2.45, 2.75) is 39.7 Å². The Kier molecular flexibility index (Phi) is 4.99. The number of hydrogen-bond donors (Lipinski definition) is 2. The Morgan fingerprint density at radius 3 is 2.56 bits per heavy atom. The van der Waals surface area contributed by atoms with E-state index in [0.717, 1.165) is 23.1 Å². The highest BCUT2D eigenvalue weighted by atomic mass is 79.9. The second-order valence-electron chi connectivity index (χ2n) is 3.93. The molecule has 0 aliphatic rings. The van der Waals surface area contributed by atoms with Gasteiger partial charge in [-0.25, -0.2) is 9.97 Å². The van der Waals surface area contributed by atoms with Crippen molar-refractivity contribution in [2.24, 2.45) is 5.92 Å². The summed E-state index contributed by atoms with van der Waals surface area (Å²) >= 11 is 3.39. The van der Waals surface area contributed by atoms with Crippen molar-refractivity contribution in [3.63, 3.8) is 0 Å². The predicted molar refractivity (Wildman–Crippen MR) is 71.3 cm³/mol. The van der Waals surface area contributed by atoms with Crippen LogP contribution in [0.2, 0.25) is 0 Å². The maximum Gasteiger partial charge on any atom is 0.146 e. The number of hydrogen-bond acceptors (Lipinski definition) is 4. The SMILES string of the molecule is CCC(CC)C(C)Nc1ncnc(N)c1Br. The Hall–Kier alpha value is -0.840. The van der Waals surface area contributed by atoms with Crippen molar-refractivity contribution >= 4 is 27.6 Å². The van der Waals surface area contributed by atoms with Crippen LogP contribution in [0.25, 0.3) is 0 Å². The molecule has 0 spiro atoms. The summed E-state index contributed by atoms with van der Waals surface area (Å²) in [6.45, 7) is 6.58. The summed E-state index contributed by atoms with van der Waals surface area (Å²) in [6.07, 6.45) is 3.79. The van der Waals surface area contributed by atoms with Crippen molar-refractivity contribution < 1.29 is 0 Å². The Labute approximate surface area is 105 Å². The molecule has 1 rings (SSSR count). The minimum atomic E-state index is 0.376. The third kappa shape index (κ3) is 3.07. The topological polar surface area (TPSA) is 63.8 Å². The maximum absolute atomic E-state index is 5.70. The van der Waals surface area contributed by atoms with Crippen LogP contribution < -0.4 is 11.1 Å². The molecule has 1 aromatic rings. The van der Waals surface area contributed by atoms with Crippen molar-refractivity contribution in [1.29, 1.82) is 0 Å². The van der Waals surface area contributed by atoms with Gasteiger partial charge in [-0.15, -0.1) is 0 Å². The monoisotopic (exact) mass is 286 g/mol. The van der Waals surface area contributed by atoms with E-state index < -0.39 is 0 Å². The number of nitrogen functional groups attached to an aromatic ring is 1. The van der Waals surface area contributed by atoms with E-state index in [0.29, 0.717) is 17.8 Å². The molecule has 5 heteroatoms. The lowest BCUT2D eigenvalue weighted by atomic mass is 9.95. The van der Waals surface area contributed by atoms with Gasteiger partial charge in [0.05, 0.1) is 0 Å². The fraction of sp³-hybridized carbons (Fsp3) is 0.636. The van der Waals surface area contributed by atoms with E-state index in [1.54, 1.807) is 0 Å². The quantitative estimate of drug-likeness (QED) is 0.873. The number of anilines is 2. The molecular weight excluding hydrogens is 268 g/mol. The average Bonchev–Trinajstić information content (AvgIpc) is 2.26. The fourth-order valence-electron chi connectivity index (χ4n) is 1.81. The summed E-state index contributed by atoms with van der Waals surface area (Å²) in [5.74, 6) is 1.88. The molecule has 0 amide bonds. The predicted octanol–water partition coefficient (Wildman–Crippen LogP) is 3.06. The van der Waals surface area contributed by atoms with E-state index in [2.05, 4.69) is 52.0 Å². The van der Waals surface area contributed by atoms with E-state index in [9.17, 15) is 0 Å². The third-order valence-electron chi connectivity index (χ3n) is 2.94. The van der Waals surface area contributed by atoms with Crippen LogP contribution in [0.4, 0.5) is 11.6 Å². The molecule has 90 valence electrons. The maximum atomic E-state index is 5.70. The second-order valence-corrected chi connectivity index (χ2v) is 4.72. The third-order valence-corrected chi connectivity index (χ3v) is 3.72. The molecule has 0 aromatic carbocycles.